The van der Waals surface area contributed by atoms with Crippen molar-refractivity contribution in [2.45, 2.75) is 17.1 Å². The smallest absolute Gasteiger partial charge is 0.208 e. The zero-order valence-corrected chi connectivity index (χ0v) is 16.9. The van der Waals surface area contributed by atoms with Gasteiger partial charge in [0.15, 0.2) is 11.7 Å². The quantitative estimate of drug-likeness (QED) is 0.478. The molecule has 30 heavy (non-hydrogen) atoms. The van der Waals surface area contributed by atoms with E-state index >= 15 is 0 Å². The van der Waals surface area contributed by atoms with Gasteiger partial charge in [-0.3, -0.25) is 14.7 Å². The number of halogens is 1. The number of fused-ring (bicyclic) bond motifs is 3. The number of nitrogens with zero attached hydrogens (tertiary/aromatic N) is 2. The summed E-state index contributed by atoms with van der Waals surface area (Å²) in [5.74, 6) is -2.66. The first-order valence-corrected chi connectivity index (χ1v) is 9.99. The molecule has 2 atom stereocenters. The molecule has 2 heterocycles. The average Bonchev–Trinajstić information content (AvgIpc) is 3.21. The van der Waals surface area contributed by atoms with Crippen LogP contribution in [0.2, 0.25) is 0 Å². The van der Waals surface area contributed by atoms with Crippen LogP contribution >= 0.6 is 11.8 Å². The Balaban J connectivity index is 1.71. The van der Waals surface area contributed by atoms with Crippen LogP contribution in [0, 0.1) is 23.1 Å². The van der Waals surface area contributed by atoms with Gasteiger partial charge < -0.3 is 4.74 Å². The first-order valence-electron chi connectivity index (χ1n) is 9.11. The largest absolute Gasteiger partial charge is 0.497 e. The van der Waals surface area contributed by atoms with Crippen LogP contribution in [-0.2, 0) is 0 Å². The minimum absolute atomic E-state index is 0.0355. The van der Waals surface area contributed by atoms with Gasteiger partial charge in [0.1, 0.15) is 17.3 Å². The maximum atomic E-state index is 13.8. The number of Topliss-reactive ketones (excluding diaryl/α,β-unsaturated/α-hetero) is 2. The van der Waals surface area contributed by atoms with Crippen LogP contribution in [0.5, 0.6) is 5.75 Å². The third-order valence-corrected chi connectivity index (χ3v) is 6.19. The molecule has 0 fully saturated rings. The Kier molecular flexibility index (Phi) is 5.14. The first-order chi connectivity index (χ1) is 14.4. The molecule has 2 aromatic carbocycles. The molecule has 0 amide bonds. The van der Waals surface area contributed by atoms with Crippen LogP contribution in [0.4, 0.5) is 4.39 Å². The van der Waals surface area contributed by atoms with Gasteiger partial charge in [-0.25, -0.2) is 4.39 Å². The van der Waals surface area contributed by atoms with Gasteiger partial charge in [-0.2, -0.15) is 10.4 Å². The highest BCUT2D eigenvalue weighted by Crippen LogP contribution is 2.49. The number of hydrogen-bond donors (Lipinski definition) is 1. The van der Waals surface area contributed by atoms with Crippen molar-refractivity contribution in [3.05, 3.63) is 65.1 Å². The van der Waals surface area contributed by atoms with Gasteiger partial charge in [0.25, 0.3) is 0 Å². The van der Waals surface area contributed by atoms with Gasteiger partial charge >= 0.3 is 0 Å². The second kappa shape index (κ2) is 7.76. The highest BCUT2D eigenvalue weighted by Gasteiger charge is 2.36. The molecule has 1 N–H and O–H groups in total. The molecule has 0 saturated heterocycles. The Labute approximate surface area is 176 Å². The van der Waals surface area contributed by atoms with E-state index in [0.29, 0.717) is 22.6 Å². The maximum Gasteiger partial charge on any atom is 0.208 e. The minimum Gasteiger partial charge on any atom is -0.497 e. The summed E-state index contributed by atoms with van der Waals surface area (Å²) in [7, 11) is 1.50. The summed E-state index contributed by atoms with van der Waals surface area (Å²) in [5, 5.41) is 16.3. The van der Waals surface area contributed by atoms with Gasteiger partial charge in [-0.1, -0.05) is 0 Å². The van der Waals surface area contributed by atoms with Crippen molar-refractivity contribution in [1.82, 2.24) is 10.2 Å². The van der Waals surface area contributed by atoms with Gasteiger partial charge in [-0.15, -0.1) is 11.8 Å². The molecule has 0 saturated carbocycles. The summed E-state index contributed by atoms with van der Waals surface area (Å²) in [6, 6.07) is 12.5. The fraction of sp³-hybridized carbons (Fsp3) is 0.182. The number of benzene rings is 2. The average molecular weight is 421 g/mol. The number of hydrogen-bond acceptors (Lipinski definition) is 6. The topological polar surface area (TPSA) is 95.8 Å². The molecular formula is C22H16FN3O3S. The predicted octanol–water partition coefficient (Wildman–Crippen LogP) is 4.60. The van der Waals surface area contributed by atoms with Crippen LogP contribution in [-0.4, -0.2) is 28.9 Å². The van der Waals surface area contributed by atoms with Crippen molar-refractivity contribution in [1.29, 1.82) is 5.26 Å². The number of carbonyl (C=O) groups is 2. The van der Waals surface area contributed by atoms with Crippen LogP contribution in [0.15, 0.2) is 47.4 Å². The standard InChI is InChI=1S/C22H16FN3O3S/c1-11-18-19(15-9-13(23)5-8-17(15)30-11)25-26-20(18)22(28)16(10-24)21(27)12-3-6-14(29-2)7-4-12/h3-9,11,16H,1-2H3,(H,25,26). The van der Waals surface area contributed by atoms with Gasteiger partial charge in [0.2, 0.25) is 5.78 Å². The number of ketones is 2. The number of H-pyrrole nitrogens is 1. The molecule has 4 rings (SSSR count). The summed E-state index contributed by atoms with van der Waals surface area (Å²) in [6.07, 6.45) is 0. The van der Waals surface area contributed by atoms with E-state index in [2.05, 4.69) is 10.2 Å². The molecule has 1 aliphatic heterocycles. The molecule has 0 bridgehead atoms. The van der Waals surface area contributed by atoms with Crippen molar-refractivity contribution in [2.24, 2.45) is 5.92 Å². The number of rotatable bonds is 5. The van der Waals surface area contributed by atoms with Crippen LogP contribution < -0.4 is 4.74 Å². The fourth-order valence-corrected chi connectivity index (χ4v) is 4.65. The summed E-state index contributed by atoms with van der Waals surface area (Å²) >= 11 is 1.47. The zero-order chi connectivity index (χ0) is 21.4. The van der Waals surface area contributed by atoms with E-state index in [9.17, 15) is 19.2 Å². The lowest BCUT2D eigenvalue weighted by Gasteiger charge is -2.22. The lowest BCUT2D eigenvalue weighted by Crippen LogP contribution is -2.24. The summed E-state index contributed by atoms with van der Waals surface area (Å²) in [4.78, 5) is 26.8. The number of aromatic amines is 1. The Morgan fingerprint density at radius 2 is 1.97 bits per heavy atom. The van der Waals surface area contributed by atoms with E-state index in [-0.39, 0.29) is 16.5 Å². The minimum atomic E-state index is -1.53. The molecule has 8 heteroatoms. The molecule has 1 aromatic heterocycles. The van der Waals surface area contributed by atoms with E-state index in [1.165, 1.54) is 43.1 Å². The maximum absolute atomic E-state index is 13.8. The number of carbonyl (C=O) groups excluding carboxylic acids is 2. The molecule has 150 valence electrons. The van der Waals surface area contributed by atoms with E-state index in [1.807, 2.05) is 13.0 Å². The summed E-state index contributed by atoms with van der Waals surface area (Å²) < 4.78 is 18.8. The Morgan fingerprint density at radius 3 is 2.63 bits per heavy atom. The second-order valence-corrected chi connectivity index (χ2v) is 8.16. The van der Waals surface area contributed by atoms with Gasteiger partial charge in [-0.05, 0) is 49.4 Å². The molecule has 1 aliphatic rings. The van der Waals surface area contributed by atoms with Crippen LogP contribution in [0.1, 0.15) is 38.6 Å². The Hall–Kier alpha value is -3.44. The Morgan fingerprint density at radius 1 is 1.23 bits per heavy atom. The van der Waals surface area contributed by atoms with E-state index < -0.39 is 23.3 Å². The van der Waals surface area contributed by atoms with E-state index in [4.69, 9.17) is 4.74 Å². The van der Waals surface area contributed by atoms with E-state index in [0.717, 1.165) is 4.90 Å². The monoisotopic (exact) mass is 421 g/mol. The van der Waals surface area contributed by atoms with Crippen molar-refractivity contribution >= 4 is 23.3 Å². The van der Waals surface area contributed by atoms with Gasteiger partial charge in [0.05, 0.1) is 18.9 Å². The summed E-state index contributed by atoms with van der Waals surface area (Å²) in [5.41, 5.74) is 1.98. The zero-order valence-electron chi connectivity index (χ0n) is 16.1. The fourth-order valence-electron chi connectivity index (χ4n) is 3.48. The van der Waals surface area contributed by atoms with Crippen molar-refractivity contribution in [3.8, 4) is 23.1 Å². The SMILES string of the molecule is COc1ccc(C(=O)C(C#N)C(=O)c2n[nH]c3c2C(C)Sc2ccc(F)cc2-3)cc1. The molecule has 0 radical (unpaired) electrons. The van der Waals surface area contributed by atoms with Crippen molar-refractivity contribution in [2.75, 3.05) is 7.11 Å². The highest BCUT2D eigenvalue weighted by atomic mass is 32.2. The second-order valence-electron chi connectivity index (χ2n) is 6.78. The molecule has 6 nitrogen and oxygen atoms in total. The van der Waals surface area contributed by atoms with Crippen molar-refractivity contribution < 1.29 is 18.7 Å². The number of thioether (sulfide) groups is 1. The number of methoxy groups -OCH3 is 1. The number of ether oxygens (including phenoxy) is 1. The normalized spacial score (nSPS) is 15.5. The first kappa shape index (κ1) is 19.9. The molecular weight excluding hydrogens is 405 g/mol. The lowest BCUT2D eigenvalue weighted by atomic mass is 9.90. The highest BCUT2D eigenvalue weighted by molar-refractivity contribution is 7.99. The number of aromatic nitrogens is 2. The molecule has 2 unspecified atom stereocenters. The molecule has 3 aromatic rings. The molecule has 0 spiro atoms. The Bertz CT molecular complexity index is 1200. The van der Waals surface area contributed by atoms with Gasteiger partial charge in [0, 0.05) is 26.8 Å². The predicted molar refractivity (Wildman–Crippen MR) is 109 cm³/mol. The summed E-state index contributed by atoms with van der Waals surface area (Å²) in [6.45, 7) is 1.90. The van der Waals surface area contributed by atoms with Crippen LogP contribution in [0.3, 0.4) is 0 Å². The van der Waals surface area contributed by atoms with E-state index in [1.54, 1.807) is 18.2 Å². The molecule has 0 aliphatic carbocycles. The third-order valence-electron chi connectivity index (χ3n) is 4.99. The number of nitrogens with one attached hydrogen (secondary N) is 1. The van der Waals surface area contributed by atoms with Crippen LogP contribution in [0.25, 0.3) is 11.3 Å². The lowest BCUT2D eigenvalue weighted by molar-refractivity contribution is 0.0842. The third kappa shape index (κ3) is 3.27. The number of nitriles is 1. The van der Waals surface area contributed by atoms with Crippen molar-refractivity contribution in [3.63, 3.8) is 0 Å².